The van der Waals surface area contributed by atoms with E-state index in [2.05, 4.69) is 10.1 Å². The highest BCUT2D eigenvalue weighted by molar-refractivity contribution is 5.90. The molecule has 10 heteroatoms. The first-order valence-corrected chi connectivity index (χ1v) is 11.9. The molecule has 1 aromatic heterocycles. The van der Waals surface area contributed by atoms with E-state index in [0.29, 0.717) is 29.2 Å². The van der Waals surface area contributed by atoms with Crippen molar-refractivity contribution in [2.45, 2.75) is 39.7 Å². The third-order valence-corrected chi connectivity index (χ3v) is 5.76. The normalized spacial score (nSPS) is 13.4. The number of benzene rings is 2. The van der Waals surface area contributed by atoms with Gasteiger partial charge in [-0.1, -0.05) is 17.3 Å². The minimum Gasteiger partial charge on any atom is -0.490 e. The summed E-state index contributed by atoms with van der Waals surface area (Å²) >= 11 is 0. The lowest BCUT2D eigenvalue weighted by atomic mass is 10.1. The van der Waals surface area contributed by atoms with E-state index < -0.39 is 5.97 Å². The van der Waals surface area contributed by atoms with E-state index in [1.807, 2.05) is 0 Å². The maximum atomic E-state index is 13.8. The number of esters is 1. The number of halogens is 1. The topological polar surface area (TPSA) is 104 Å². The molecule has 0 unspecified atom stereocenters. The first-order chi connectivity index (χ1) is 17.4. The minimum absolute atomic E-state index is 0.0699. The van der Waals surface area contributed by atoms with Crippen LogP contribution in [-0.2, 0) is 16.1 Å². The molecule has 2 heterocycles. The monoisotopic (exact) mass is 497 g/mol. The van der Waals surface area contributed by atoms with E-state index in [-0.39, 0.29) is 42.2 Å². The maximum Gasteiger partial charge on any atom is 0.338 e. The fraction of sp³-hybridized carbons (Fsp3) is 0.385. The number of likely N-dealkylation sites (tertiary alicyclic amines) is 1. The quantitative estimate of drug-likeness (QED) is 0.403. The van der Waals surface area contributed by atoms with Crippen LogP contribution in [0.4, 0.5) is 4.39 Å². The Morgan fingerprint density at radius 2 is 1.86 bits per heavy atom. The van der Waals surface area contributed by atoms with E-state index >= 15 is 0 Å². The average molecular weight is 498 g/mol. The summed E-state index contributed by atoms with van der Waals surface area (Å²) in [5.74, 6) is -0.121. The molecule has 1 aliphatic heterocycles. The number of carbonyl (C=O) groups is 2. The Labute approximate surface area is 208 Å². The standard InChI is InChI=1S/C26H28FN3O6/c1-3-33-22-14-19(9-10-21(22)34-16-24(31)30-11-5-4-6-12-30)26(32)35-15-23-28-25(29-36-23)18-8-7-17(2)20(27)13-18/h7-10,13-14H,3-6,11-12,15-16H2,1-2H3. The number of rotatable bonds is 9. The lowest BCUT2D eigenvalue weighted by molar-refractivity contribution is -0.134. The second kappa shape index (κ2) is 11.7. The van der Waals surface area contributed by atoms with Crippen LogP contribution in [0.3, 0.4) is 0 Å². The molecule has 3 aromatic rings. The van der Waals surface area contributed by atoms with E-state index in [0.717, 1.165) is 32.4 Å². The lowest BCUT2D eigenvalue weighted by Gasteiger charge is -2.26. The number of aromatic nitrogens is 2. The molecule has 4 rings (SSSR count). The number of nitrogens with zero attached hydrogens (tertiary/aromatic N) is 3. The summed E-state index contributed by atoms with van der Waals surface area (Å²) in [6.45, 7) is 4.94. The van der Waals surface area contributed by atoms with Crippen LogP contribution in [0.2, 0.25) is 0 Å². The zero-order valence-electron chi connectivity index (χ0n) is 20.3. The highest BCUT2D eigenvalue weighted by Gasteiger charge is 2.19. The van der Waals surface area contributed by atoms with Gasteiger partial charge in [-0.3, -0.25) is 4.79 Å². The lowest BCUT2D eigenvalue weighted by Crippen LogP contribution is -2.38. The van der Waals surface area contributed by atoms with E-state index in [1.165, 1.54) is 18.2 Å². The van der Waals surface area contributed by atoms with Gasteiger partial charge in [-0.15, -0.1) is 0 Å². The molecule has 36 heavy (non-hydrogen) atoms. The van der Waals surface area contributed by atoms with Crippen molar-refractivity contribution in [3.05, 3.63) is 59.2 Å². The van der Waals surface area contributed by atoms with E-state index in [4.69, 9.17) is 18.7 Å². The Kier molecular flexibility index (Phi) is 8.14. The van der Waals surface area contributed by atoms with Crippen molar-refractivity contribution in [1.29, 1.82) is 0 Å². The number of hydrogen-bond donors (Lipinski definition) is 0. The largest absolute Gasteiger partial charge is 0.490 e. The molecule has 1 amide bonds. The molecule has 1 aliphatic rings. The fourth-order valence-corrected chi connectivity index (χ4v) is 3.77. The molecule has 0 saturated carbocycles. The number of amides is 1. The molecule has 0 spiro atoms. The smallest absolute Gasteiger partial charge is 0.338 e. The molecule has 0 atom stereocenters. The van der Waals surface area contributed by atoms with Gasteiger partial charge in [0.05, 0.1) is 12.2 Å². The van der Waals surface area contributed by atoms with Crippen LogP contribution in [0.25, 0.3) is 11.4 Å². The Balaban J connectivity index is 1.36. The van der Waals surface area contributed by atoms with Crippen LogP contribution in [0.1, 0.15) is 48.0 Å². The molecule has 1 saturated heterocycles. The number of carbonyl (C=O) groups excluding carboxylic acids is 2. The Hall–Kier alpha value is -3.95. The van der Waals surface area contributed by atoms with Gasteiger partial charge < -0.3 is 23.6 Å². The molecular formula is C26H28FN3O6. The van der Waals surface area contributed by atoms with Gasteiger partial charge in [0.2, 0.25) is 5.82 Å². The van der Waals surface area contributed by atoms with Crippen molar-refractivity contribution in [2.75, 3.05) is 26.3 Å². The van der Waals surface area contributed by atoms with Gasteiger partial charge in [0.25, 0.3) is 11.8 Å². The minimum atomic E-state index is -0.631. The van der Waals surface area contributed by atoms with Crippen LogP contribution in [0.15, 0.2) is 40.9 Å². The van der Waals surface area contributed by atoms with Gasteiger partial charge in [0.15, 0.2) is 24.7 Å². The molecule has 0 radical (unpaired) electrons. The number of aryl methyl sites for hydroxylation is 1. The summed E-state index contributed by atoms with van der Waals surface area (Å²) in [7, 11) is 0. The summed E-state index contributed by atoms with van der Waals surface area (Å²) < 4.78 is 35.5. The molecule has 0 bridgehead atoms. The Morgan fingerprint density at radius 1 is 1.06 bits per heavy atom. The third kappa shape index (κ3) is 6.18. The van der Waals surface area contributed by atoms with E-state index in [1.54, 1.807) is 36.9 Å². The predicted molar refractivity (Wildman–Crippen MR) is 127 cm³/mol. The molecule has 9 nitrogen and oxygen atoms in total. The second-order valence-corrected chi connectivity index (χ2v) is 8.38. The summed E-state index contributed by atoms with van der Waals surface area (Å²) in [6.07, 6.45) is 3.14. The zero-order valence-corrected chi connectivity index (χ0v) is 20.3. The van der Waals surface area contributed by atoms with Gasteiger partial charge in [-0.05, 0) is 62.9 Å². The van der Waals surface area contributed by atoms with Crippen molar-refractivity contribution >= 4 is 11.9 Å². The van der Waals surface area contributed by atoms with Crippen LogP contribution in [0, 0.1) is 12.7 Å². The molecule has 1 fully saturated rings. The van der Waals surface area contributed by atoms with Crippen LogP contribution in [0.5, 0.6) is 11.5 Å². The summed E-state index contributed by atoms with van der Waals surface area (Å²) in [5.41, 5.74) is 1.19. The molecule has 0 aliphatic carbocycles. The molecular weight excluding hydrogens is 469 g/mol. The predicted octanol–water partition coefficient (Wildman–Crippen LogP) is 4.33. The zero-order chi connectivity index (χ0) is 25.5. The van der Waals surface area contributed by atoms with Crippen molar-refractivity contribution in [3.63, 3.8) is 0 Å². The number of piperidine rings is 1. The average Bonchev–Trinajstić information content (AvgIpc) is 3.37. The van der Waals surface area contributed by atoms with Gasteiger partial charge in [-0.25, -0.2) is 9.18 Å². The highest BCUT2D eigenvalue weighted by atomic mass is 19.1. The van der Waals surface area contributed by atoms with Gasteiger partial charge >= 0.3 is 5.97 Å². The maximum absolute atomic E-state index is 13.8. The first kappa shape index (κ1) is 25.2. The van der Waals surface area contributed by atoms with Gasteiger partial charge in [0, 0.05) is 18.7 Å². The van der Waals surface area contributed by atoms with Crippen LogP contribution >= 0.6 is 0 Å². The number of ether oxygens (including phenoxy) is 3. The summed E-state index contributed by atoms with van der Waals surface area (Å²) in [5, 5.41) is 3.81. The van der Waals surface area contributed by atoms with Crippen molar-refractivity contribution in [3.8, 4) is 22.9 Å². The summed E-state index contributed by atoms with van der Waals surface area (Å²) in [4.78, 5) is 31.0. The van der Waals surface area contributed by atoms with Crippen molar-refractivity contribution in [1.82, 2.24) is 15.0 Å². The second-order valence-electron chi connectivity index (χ2n) is 8.38. The third-order valence-electron chi connectivity index (χ3n) is 5.76. The van der Waals surface area contributed by atoms with Crippen LogP contribution in [-0.4, -0.2) is 53.2 Å². The highest BCUT2D eigenvalue weighted by Crippen LogP contribution is 2.29. The Morgan fingerprint density at radius 3 is 2.61 bits per heavy atom. The summed E-state index contributed by atoms with van der Waals surface area (Å²) in [6, 6.07) is 9.21. The van der Waals surface area contributed by atoms with Gasteiger partial charge in [0.1, 0.15) is 5.82 Å². The fourth-order valence-electron chi connectivity index (χ4n) is 3.77. The molecule has 190 valence electrons. The van der Waals surface area contributed by atoms with Gasteiger partial charge in [-0.2, -0.15) is 4.98 Å². The first-order valence-electron chi connectivity index (χ1n) is 11.9. The van der Waals surface area contributed by atoms with Crippen molar-refractivity contribution < 1.29 is 32.7 Å². The van der Waals surface area contributed by atoms with Crippen LogP contribution < -0.4 is 9.47 Å². The number of hydrogen-bond acceptors (Lipinski definition) is 8. The SMILES string of the molecule is CCOc1cc(C(=O)OCc2nc(-c3ccc(C)c(F)c3)no2)ccc1OCC(=O)N1CCCCC1. The van der Waals surface area contributed by atoms with Crippen molar-refractivity contribution in [2.24, 2.45) is 0 Å². The molecule has 2 aromatic carbocycles. The Bertz CT molecular complexity index is 1220. The van der Waals surface area contributed by atoms with E-state index in [9.17, 15) is 14.0 Å². The molecule has 0 N–H and O–H groups in total.